The van der Waals surface area contributed by atoms with Crippen LogP contribution < -0.4 is 0 Å². The highest BCUT2D eigenvalue weighted by molar-refractivity contribution is 5.83. The molecule has 7 heteroatoms. The van der Waals surface area contributed by atoms with E-state index in [-0.39, 0.29) is 25.1 Å². The summed E-state index contributed by atoms with van der Waals surface area (Å²) in [6, 6.07) is 11.3. The first-order valence-electron chi connectivity index (χ1n) is 8.42. The van der Waals surface area contributed by atoms with Crippen LogP contribution in [-0.4, -0.2) is 57.8 Å². The van der Waals surface area contributed by atoms with Gasteiger partial charge in [-0.25, -0.2) is 4.79 Å². The third-order valence-corrected chi connectivity index (χ3v) is 4.36. The molecule has 2 aromatic rings. The Labute approximate surface area is 146 Å². The molecule has 1 aromatic heterocycles. The first-order chi connectivity index (χ1) is 12.2. The number of nitrogens with zero attached hydrogens (tertiary/aromatic N) is 4. The predicted octanol–water partition coefficient (Wildman–Crippen LogP) is 1.93. The van der Waals surface area contributed by atoms with Gasteiger partial charge >= 0.3 is 6.09 Å². The minimum Gasteiger partial charge on any atom is -0.447 e. The fraction of sp³-hybridized carbons (Fsp3) is 0.389. The molecule has 0 unspecified atom stereocenters. The molecule has 1 aliphatic rings. The van der Waals surface area contributed by atoms with E-state index in [1.807, 2.05) is 49.5 Å². The van der Waals surface area contributed by atoms with E-state index in [4.69, 9.17) is 4.74 Å². The number of hydrogen-bond donors (Lipinski definition) is 0. The summed E-state index contributed by atoms with van der Waals surface area (Å²) in [5.41, 5.74) is 0.973. The van der Waals surface area contributed by atoms with Crippen molar-refractivity contribution in [1.82, 2.24) is 19.6 Å². The van der Waals surface area contributed by atoms with Crippen LogP contribution in [0.5, 0.6) is 0 Å². The molecule has 1 saturated heterocycles. The molecule has 0 radical (unpaired) electrons. The van der Waals surface area contributed by atoms with Gasteiger partial charge in [-0.15, -0.1) is 0 Å². The molecule has 7 nitrogen and oxygen atoms in total. The van der Waals surface area contributed by atoms with Gasteiger partial charge in [0.15, 0.2) is 0 Å². The fourth-order valence-electron chi connectivity index (χ4n) is 2.94. The zero-order valence-electron chi connectivity index (χ0n) is 14.2. The zero-order chi connectivity index (χ0) is 17.6. The molecular formula is C18H22N4O3. The lowest BCUT2D eigenvalue weighted by atomic mass is 10.1. The number of aromatic nitrogens is 2. The number of carbonyl (C=O) groups is 2. The lowest BCUT2D eigenvalue weighted by molar-refractivity contribution is -0.132. The van der Waals surface area contributed by atoms with Gasteiger partial charge in [0.25, 0.3) is 0 Å². The van der Waals surface area contributed by atoms with Crippen molar-refractivity contribution in [3.05, 3.63) is 54.4 Å². The molecule has 1 fully saturated rings. The summed E-state index contributed by atoms with van der Waals surface area (Å²) in [6.07, 6.45) is 3.13. The van der Waals surface area contributed by atoms with Gasteiger partial charge in [0.2, 0.25) is 5.91 Å². The van der Waals surface area contributed by atoms with Gasteiger partial charge < -0.3 is 9.64 Å². The number of carbonyl (C=O) groups excluding carboxylic acids is 2. The number of benzene rings is 1. The van der Waals surface area contributed by atoms with Gasteiger partial charge in [-0.05, 0) is 18.6 Å². The zero-order valence-corrected chi connectivity index (χ0v) is 14.2. The van der Waals surface area contributed by atoms with Gasteiger partial charge in [-0.1, -0.05) is 30.3 Å². The van der Waals surface area contributed by atoms with Gasteiger partial charge in [-0.2, -0.15) is 5.10 Å². The van der Waals surface area contributed by atoms with Crippen molar-refractivity contribution in [2.45, 2.75) is 19.5 Å². The van der Waals surface area contributed by atoms with Crippen LogP contribution >= 0.6 is 0 Å². The van der Waals surface area contributed by atoms with E-state index in [0.717, 1.165) is 5.56 Å². The number of cyclic esters (lactones) is 1. The maximum Gasteiger partial charge on any atom is 0.410 e. The third kappa shape index (κ3) is 3.99. The van der Waals surface area contributed by atoms with Gasteiger partial charge in [0.05, 0.1) is 12.6 Å². The molecule has 25 heavy (non-hydrogen) atoms. The Balaban J connectivity index is 1.63. The maximum absolute atomic E-state index is 12.7. The number of ether oxygens (including phenoxy) is 1. The first kappa shape index (κ1) is 17.0. The molecule has 1 aromatic carbocycles. The van der Waals surface area contributed by atoms with Crippen LogP contribution in [0.1, 0.15) is 18.5 Å². The molecule has 3 rings (SSSR count). The second-order valence-electron chi connectivity index (χ2n) is 5.87. The quantitative estimate of drug-likeness (QED) is 0.771. The van der Waals surface area contributed by atoms with Crippen molar-refractivity contribution in [3.63, 3.8) is 0 Å². The smallest absolute Gasteiger partial charge is 0.410 e. The SMILES string of the molecule is CCN(CCn1cccn1)C(=O)CN1C(=O)OC[C@@H]1c1ccccc1. The monoisotopic (exact) mass is 342 g/mol. The Hall–Kier alpha value is -2.83. The van der Waals surface area contributed by atoms with Crippen molar-refractivity contribution in [2.75, 3.05) is 26.2 Å². The van der Waals surface area contributed by atoms with E-state index in [1.165, 1.54) is 4.90 Å². The summed E-state index contributed by atoms with van der Waals surface area (Å²) in [5, 5.41) is 4.14. The molecule has 0 saturated carbocycles. The number of rotatable bonds is 7. The second kappa shape index (κ2) is 7.83. The van der Waals surface area contributed by atoms with E-state index >= 15 is 0 Å². The Bertz CT molecular complexity index is 702. The minimum atomic E-state index is -0.440. The van der Waals surface area contributed by atoms with Crippen molar-refractivity contribution in [2.24, 2.45) is 0 Å². The Kier molecular flexibility index (Phi) is 5.33. The van der Waals surface area contributed by atoms with Crippen LogP contribution in [0, 0.1) is 0 Å². The van der Waals surface area contributed by atoms with Crippen LogP contribution in [0.2, 0.25) is 0 Å². The Morgan fingerprint density at radius 1 is 1.32 bits per heavy atom. The van der Waals surface area contributed by atoms with E-state index in [9.17, 15) is 9.59 Å². The number of likely N-dealkylation sites (N-methyl/N-ethyl adjacent to an activating group) is 1. The summed E-state index contributed by atoms with van der Waals surface area (Å²) in [6.45, 7) is 3.98. The molecule has 2 heterocycles. The van der Waals surface area contributed by atoms with Gasteiger partial charge in [0.1, 0.15) is 13.2 Å². The highest BCUT2D eigenvalue weighted by atomic mass is 16.6. The van der Waals surface area contributed by atoms with Crippen LogP contribution in [0.3, 0.4) is 0 Å². The van der Waals surface area contributed by atoms with E-state index in [0.29, 0.717) is 19.6 Å². The molecule has 0 aliphatic carbocycles. The normalized spacial score (nSPS) is 16.8. The largest absolute Gasteiger partial charge is 0.447 e. The summed E-state index contributed by atoms with van der Waals surface area (Å²) in [4.78, 5) is 28.0. The average molecular weight is 342 g/mol. The summed E-state index contributed by atoms with van der Waals surface area (Å²) >= 11 is 0. The molecule has 0 N–H and O–H groups in total. The first-order valence-corrected chi connectivity index (χ1v) is 8.42. The van der Waals surface area contributed by atoms with Crippen LogP contribution in [0.15, 0.2) is 48.8 Å². The highest BCUT2D eigenvalue weighted by Gasteiger charge is 2.36. The number of hydrogen-bond acceptors (Lipinski definition) is 4. The fourth-order valence-corrected chi connectivity index (χ4v) is 2.94. The molecule has 1 aliphatic heterocycles. The number of amides is 2. The van der Waals surface area contributed by atoms with Gasteiger partial charge in [0, 0.05) is 25.5 Å². The van der Waals surface area contributed by atoms with E-state index < -0.39 is 6.09 Å². The maximum atomic E-state index is 12.7. The molecule has 2 amide bonds. The van der Waals surface area contributed by atoms with Crippen molar-refractivity contribution >= 4 is 12.0 Å². The highest BCUT2D eigenvalue weighted by Crippen LogP contribution is 2.27. The predicted molar refractivity (Wildman–Crippen MR) is 91.7 cm³/mol. The van der Waals surface area contributed by atoms with E-state index in [1.54, 1.807) is 15.8 Å². The average Bonchev–Trinajstić information content (AvgIpc) is 3.27. The van der Waals surface area contributed by atoms with Crippen molar-refractivity contribution < 1.29 is 14.3 Å². The molecule has 132 valence electrons. The molecule has 1 atom stereocenters. The van der Waals surface area contributed by atoms with Crippen LogP contribution in [0.4, 0.5) is 4.79 Å². The van der Waals surface area contributed by atoms with Crippen LogP contribution in [0.25, 0.3) is 0 Å². The summed E-state index contributed by atoms with van der Waals surface area (Å²) < 4.78 is 6.95. The topological polar surface area (TPSA) is 67.7 Å². The summed E-state index contributed by atoms with van der Waals surface area (Å²) in [5.74, 6) is -0.0885. The third-order valence-electron chi connectivity index (χ3n) is 4.36. The summed E-state index contributed by atoms with van der Waals surface area (Å²) in [7, 11) is 0. The lowest BCUT2D eigenvalue weighted by Gasteiger charge is -2.26. The van der Waals surface area contributed by atoms with E-state index in [2.05, 4.69) is 5.10 Å². The Morgan fingerprint density at radius 3 is 2.80 bits per heavy atom. The van der Waals surface area contributed by atoms with Crippen molar-refractivity contribution in [1.29, 1.82) is 0 Å². The van der Waals surface area contributed by atoms with Crippen LogP contribution in [-0.2, 0) is 16.1 Å². The lowest BCUT2D eigenvalue weighted by Crippen LogP contribution is -2.42. The Morgan fingerprint density at radius 2 is 2.12 bits per heavy atom. The minimum absolute atomic E-state index is 0.0192. The van der Waals surface area contributed by atoms with Gasteiger partial charge in [-0.3, -0.25) is 14.4 Å². The molecule has 0 bridgehead atoms. The second-order valence-corrected chi connectivity index (χ2v) is 5.87. The molecule has 0 spiro atoms. The van der Waals surface area contributed by atoms with Crippen molar-refractivity contribution in [3.8, 4) is 0 Å². The standard InChI is InChI=1S/C18H22N4O3/c1-2-20(11-12-21-10-6-9-19-21)17(23)13-22-16(14-25-18(22)24)15-7-4-3-5-8-15/h3-10,16H,2,11-14H2,1H3/t16-/m1/s1. The molecular weight excluding hydrogens is 320 g/mol.